The van der Waals surface area contributed by atoms with Crippen LogP contribution in [0.15, 0.2) is 22.1 Å². The van der Waals surface area contributed by atoms with Crippen molar-refractivity contribution in [1.82, 2.24) is 19.8 Å². The molecule has 0 aliphatic carbocycles. The first-order valence-electron chi connectivity index (χ1n) is 6.67. The molecule has 114 valence electrons. The maximum atomic E-state index is 11.6. The Hall–Kier alpha value is -2.58. The molecule has 0 aliphatic heterocycles. The second kappa shape index (κ2) is 6.25. The number of aromatic amines is 1. The van der Waals surface area contributed by atoms with E-state index in [2.05, 4.69) is 34.3 Å². The van der Waals surface area contributed by atoms with E-state index in [-0.39, 0.29) is 11.5 Å². The lowest BCUT2D eigenvalue weighted by Crippen LogP contribution is -2.33. The van der Waals surface area contributed by atoms with Crippen LogP contribution in [-0.2, 0) is 0 Å². The van der Waals surface area contributed by atoms with Crippen LogP contribution in [0, 0.1) is 5.92 Å². The van der Waals surface area contributed by atoms with Gasteiger partial charge in [-0.1, -0.05) is 19.0 Å². The van der Waals surface area contributed by atoms with E-state index in [1.807, 2.05) is 4.90 Å². The van der Waals surface area contributed by atoms with Crippen LogP contribution in [-0.4, -0.2) is 43.9 Å². The average molecular weight is 293 g/mol. The predicted octanol–water partition coefficient (Wildman–Crippen LogP) is 0.0165. The first-order valence-corrected chi connectivity index (χ1v) is 6.67. The van der Waals surface area contributed by atoms with Gasteiger partial charge in [-0.15, -0.1) is 5.10 Å². The molecule has 21 heavy (non-hydrogen) atoms. The monoisotopic (exact) mass is 293 g/mol. The molecule has 0 bridgehead atoms. The van der Waals surface area contributed by atoms with E-state index in [9.17, 15) is 4.79 Å². The van der Waals surface area contributed by atoms with Crippen molar-refractivity contribution >= 4 is 17.3 Å². The van der Waals surface area contributed by atoms with Crippen molar-refractivity contribution in [3.05, 3.63) is 22.6 Å². The van der Waals surface area contributed by atoms with Gasteiger partial charge in [0.05, 0.1) is 0 Å². The molecule has 0 spiro atoms. The van der Waals surface area contributed by atoms with Crippen LogP contribution >= 0.6 is 0 Å². The number of hydrogen-bond donors (Lipinski definition) is 3. The third-order valence-electron chi connectivity index (χ3n) is 2.94. The summed E-state index contributed by atoms with van der Waals surface area (Å²) in [5.74, 6) is 1.20. The second-order valence-electron chi connectivity index (χ2n) is 5.17. The van der Waals surface area contributed by atoms with Gasteiger partial charge in [0, 0.05) is 19.5 Å². The van der Waals surface area contributed by atoms with Gasteiger partial charge in [-0.25, -0.2) is 9.89 Å². The first kappa shape index (κ1) is 14.8. The third kappa shape index (κ3) is 3.50. The number of amidine groups is 1. The largest absolute Gasteiger partial charge is 0.409 e. The van der Waals surface area contributed by atoms with Crippen LogP contribution in [0.2, 0.25) is 0 Å². The van der Waals surface area contributed by atoms with Crippen LogP contribution in [0.5, 0.6) is 0 Å². The van der Waals surface area contributed by atoms with E-state index in [0.717, 1.165) is 6.54 Å². The van der Waals surface area contributed by atoms with Crippen molar-refractivity contribution in [3.8, 4) is 0 Å². The van der Waals surface area contributed by atoms with Gasteiger partial charge in [0.1, 0.15) is 11.7 Å². The zero-order valence-electron chi connectivity index (χ0n) is 12.0. The number of oxime groups is 1. The van der Waals surface area contributed by atoms with E-state index in [0.29, 0.717) is 30.3 Å². The summed E-state index contributed by atoms with van der Waals surface area (Å²) in [5.41, 5.74) is 5.59. The number of nitrogens with zero attached hydrogens (tertiary/aromatic N) is 5. The zero-order valence-corrected chi connectivity index (χ0v) is 12.0. The highest BCUT2D eigenvalue weighted by Crippen LogP contribution is 2.13. The number of anilines is 1. The van der Waals surface area contributed by atoms with Crippen molar-refractivity contribution < 1.29 is 5.21 Å². The fourth-order valence-electron chi connectivity index (χ4n) is 2.00. The Morgan fingerprint density at radius 2 is 2.33 bits per heavy atom. The standard InChI is InChI=1S/C12H19N7O2/c1-8(2)7-18(6-5-9(13)17-21)11-4-3-10-14-15-12(20)19(10)16-11/h3-4,8,21H,5-7H2,1-2H3,(H2,13,17)(H,15,20). The number of H-pyrrole nitrogens is 1. The lowest BCUT2D eigenvalue weighted by Gasteiger charge is -2.25. The van der Waals surface area contributed by atoms with Gasteiger partial charge in [-0.3, -0.25) is 0 Å². The quantitative estimate of drug-likeness (QED) is 0.298. The number of fused-ring (bicyclic) bond motifs is 1. The lowest BCUT2D eigenvalue weighted by molar-refractivity contribution is 0.317. The number of rotatable bonds is 6. The summed E-state index contributed by atoms with van der Waals surface area (Å²) in [4.78, 5) is 13.6. The van der Waals surface area contributed by atoms with Crippen LogP contribution in [0.25, 0.3) is 5.65 Å². The number of nitrogens with one attached hydrogen (secondary N) is 1. The summed E-state index contributed by atoms with van der Waals surface area (Å²) in [7, 11) is 0. The Morgan fingerprint density at radius 3 is 3.00 bits per heavy atom. The third-order valence-corrected chi connectivity index (χ3v) is 2.94. The topological polar surface area (TPSA) is 125 Å². The predicted molar refractivity (Wildman–Crippen MR) is 78.7 cm³/mol. The highest BCUT2D eigenvalue weighted by molar-refractivity contribution is 5.80. The molecule has 0 aromatic carbocycles. The molecule has 0 atom stereocenters. The molecule has 2 heterocycles. The van der Waals surface area contributed by atoms with Crippen LogP contribution in [0.4, 0.5) is 5.82 Å². The van der Waals surface area contributed by atoms with Crippen molar-refractivity contribution in [2.75, 3.05) is 18.0 Å². The Labute approximate surface area is 121 Å². The SMILES string of the molecule is CC(C)CN(CCC(N)=NO)c1ccc2n[nH]c(=O)n2n1. The molecular weight excluding hydrogens is 274 g/mol. The smallest absolute Gasteiger partial charge is 0.364 e. The van der Waals surface area contributed by atoms with Crippen molar-refractivity contribution in [2.24, 2.45) is 16.8 Å². The van der Waals surface area contributed by atoms with E-state index in [1.165, 1.54) is 4.52 Å². The Morgan fingerprint density at radius 1 is 1.57 bits per heavy atom. The minimum absolute atomic E-state index is 0.158. The summed E-state index contributed by atoms with van der Waals surface area (Å²) in [6.45, 7) is 5.45. The number of aromatic nitrogens is 4. The highest BCUT2D eigenvalue weighted by atomic mass is 16.4. The van der Waals surface area contributed by atoms with E-state index >= 15 is 0 Å². The van der Waals surface area contributed by atoms with Crippen LogP contribution in [0.3, 0.4) is 0 Å². The second-order valence-corrected chi connectivity index (χ2v) is 5.17. The van der Waals surface area contributed by atoms with E-state index in [4.69, 9.17) is 10.9 Å². The fourth-order valence-corrected chi connectivity index (χ4v) is 2.00. The van der Waals surface area contributed by atoms with Gasteiger partial charge in [-0.2, -0.15) is 9.61 Å². The molecule has 2 aromatic rings. The normalized spacial score (nSPS) is 12.2. The van der Waals surface area contributed by atoms with Crippen molar-refractivity contribution in [3.63, 3.8) is 0 Å². The van der Waals surface area contributed by atoms with Crippen molar-refractivity contribution in [2.45, 2.75) is 20.3 Å². The molecular formula is C12H19N7O2. The van der Waals surface area contributed by atoms with Gasteiger partial charge in [0.2, 0.25) is 0 Å². The molecule has 0 radical (unpaired) electrons. The molecule has 0 amide bonds. The van der Waals surface area contributed by atoms with E-state index < -0.39 is 0 Å². The summed E-state index contributed by atoms with van der Waals surface area (Å²) in [6, 6.07) is 3.52. The molecule has 0 aliphatic rings. The first-order chi connectivity index (χ1) is 10.0. The molecule has 2 aromatic heterocycles. The van der Waals surface area contributed by atoms with Crippen LogP contribution < -0.4 is 16.3 Å². The van der Waals surface area contributed by atoms with Gasteiger partial charge in [0.15, 0.2) is 5.65 Å². The molecule has 0 fully saturated rings. The molecule has 0 saturated heterocycles. The molecule has 0 unspecified atom stereocenters. The van der Waals surface area contributed by atoms with Crippen LogP contribution in [0.1, 0.15) is 20.3 Å². The van der Waals surface area contributed by atoms with E-state index in [1.54, 1.807) is 12.1 Å². The Balaban J connectivity index is 2.28. The summed E-state index contributed by atoms with van der Waals surface area (Å²) >= 11 is 0. The summed E-state index contributed by atoms with van der Waals surface area (Å²) < 4.78 is 1.21. The average Bonchev–Trinajstić information content (AvgIpc) is 2.83. The summed E-state index contributed by atoms with van der Waals surface area (Å²) in [6.07, 6.45) is 0.406. The molecule has 0 saturated carbocycles. The highest BCUT2D eigenvalue weighted by Gasteiger charge is 2.13. The summed E-state index contributed by atoms with van der Waals surface area (Å²) in [5, 5.41) is 22.1. The minimum atomic E-state index is -0.382. The van der Waals surface area contributed by atoms with Gasteiger partial charge in [0.25, 0.3) is 0 Å². The lowest BCUT2D eigenvalue weighted by atomic mass is 10.2. The molecule has 4 N–H and O–H groups in total. The molecule has 9 heteroatoms. The number of nitrogens with two attached hydrogens (primary N) is 1. The van der Waals surface area contributed by atoms with Gasteiger partial charge >= 0.3 is 5.69 Å². The Bertz CT molecular complexity index is 688. The van der Waals surface area contributed by atoms with Crippen molar-refractivity contribution in [1.29, 1.82) is 0 Å². The Kier molecular flexibility index (Phi) is 4.41. The zero-order chi connectivity index (χ0) is 15.4. The molecule has 2 rings (SSSR count). The molecule has 9 nitrogen and oxygen atoms in total. The minimum Gasteiger partial charge on any atom is -0.409 e. The maximum Gasteiger partial charge on any atom is 0.364 e. The fraction of sp³-hybridized carbons (Fsp3) is 0.500. The maximum absolute atomic E-state index is 11.6. The van der Waals surface area contributed by atoms with Gasteiger partial charge in [-0.05, 0) is 18.1 Å². The van der Waals surface area contributed by atoms with Gasteiger partial charge < -0.3 is 15.8 Å². The number of hydrogen-bond acceptors (Lipinski definition) is 6.